The number of guanidine groups is 1. The zero-order chi connectivity index (χ0) is 21.7. The lowest BCUT2D eigenvalue weighted by atomic mass is 10.1. The second-order valence-electron chi connectivity index (χ2n) is 8.15. The summed E-state index contributed by atoms with van der Waals surface area (Å²) >= 11 is 0. The molecule has 0 bridgehead atoms. The van der Waals surface area contributed by atoms with Crippen LogP contribution in [-0.4, -0.2) is 61.4 Å². The highest BCUT2D eigenvalue weighted by atomic mass is 127. The molecule has 0 radical (unpaired) electrons. The Bertz CT molecular complexity index is 856. The molecule has 1 aliphatic rings. The fourth-order valence-electron chi connectivity index (χ4n) is 3.14. The molecule has 1 aromatic rings. The lowest BCUT2D eigenvalue weighted by molar-refractivity contribution is 0.0939. The Morgan fingerprint density at radius 2 is 2.00 bits per heavy atom. The van der Waals surface area contributed by atoms with E-state index in [1.54, 1.807) is 19.9 Å². The van der Waals surface area contributed by atoms with Crippen LogP contribution in [0.2, 0.25) is 0 Å². The fourth-order valence-corrected chi connectivity index (χ4v) is 4.50. The third-order valence-corrected chi connectivity index (χ3v) is 7.80. The number of amides is 1. The van der Waals surface area contributed by atoms with Gasteiger partial charge in [0.2, 0.25) is 0 Å². The highest BCUT2D eigenvalue weighted by molar-refractivity contribution is 14.0. The number of rotatable bonds is 6. The summed E-state index contributed by atoms with van der Waals surface area (Å²) in [7, 11) is -3.11. The van der Waals surface area contributed by atoms with Crippen molar-refractivity contribution in [1.29, 1.82) is 0 Å². The lowest BCUT2D eigenvalue weighted by Gasteiger charge is -2.39. The van der Waals surface area contributed by atoms with Gasteiger partial charge in [-0.25, -0.2) is 13.4 Å². The van der Waals surface area contributed by atoms with Gasteiger partial charge in [-0.15, -0.1) is 24.0 Å². The largest absolute Gasteiger partial charge is 0.357 e. The van der Waals surface area contributed by atoms with Crippen LogP contribution in [0.1, 0.15) is 57.0 Å². The predicted molar refractivity (Wildman–Crippen MR) is 133 cm³/mol. The van der Waals surface area contributed by atoms with Crippen LogP contribution in [0, 0.1) is 0 Å². The minimum atomic E-state index is -3.11. The molecule has 9 heteroatoms. The molecule has 1 saturated heterocycles. The van der Waals surface area contributed by atoms with E-state index in [4.69, 9.17) is 4.99 Å². The fraction of sp³-hybridized carbons (Fsp3) is 0.619. The van der Waals surface area contributed by atoms with Gasteiger partial charge >= 0.3 is 0 Å². The van der Waals surface area contributed by atoms with Crippen LogP contribution in [0.25, 0.3) is 0 Å². The summed E-state index contributed by atoms with van der Waals surface area (Å²) in [5, 5.41) is 6.24. The van der Waals surface area contributed by atoms with E-state index in [2.05, 4.69) is 10.6 Å². The van der Waals surface area contributed by atoms with Crippen molar-refractivity contribution in [3.63, 3.8) is 0 Å². The molecule has 2 rings (SSSR count). The number of benzene rings is 1. The number of nitrogens with zero attached hydrogens (tertiary/aromatic N) is 2. The Labute approximate surface area is 198 Å². The Balaban J connectivity index is 0.00000450. The minimum Gasteiger partial charge on any atom is -0.357 e. The molecular weight excluding hydrogens is 515 g/mol. The van der Waals surface area contributed by atoms with E-state index in [1.807, 2.05) is 43.9 Å². The minimum absolute atomic E-state index is 0. The van der Waals surface area contributed by atoms with Gasteiger partial charge in [-0.05, 0) is 51.8 Å². The Morgan fingerprint density at radius 3 is 2.60 bits per heavy atom. The van der Waals surface area contributed by atoms with Crippen molar-refractivity contribution < 1.29 is 13.2 Å². The summed E-state index contributed by atoms with van der Waals surface area (Å²) < 4.78 is 23.8. The van der Waals surface area contributed by atoms with Gasteiger partial charge < -0.3 is 15.5 Å². The SMILES string of the molecule is CCNC(=NCc1cccc(C(=O)NC(C)CC)c1)N1CCS(=O)(=O)C(C)(C)C1.I. The van der Waals surface area contributed by atoms with Gasteiger partial charge in [0, 0.05) is 31.2 Å². The molecule has 2 N–H and O–H groups in total. The maximum absolute atomic E-state index is 12.4. The number of sulfone groups is 1. The summed E-state index contributed by atoms with van der Waals surface area (Å²) in [6.07, 6.45) is 0.879. The zero-order valence-electron chi connectivity index (χ0n) is 18.6. The van der Waals surface area contributed by atoms with Crippen molar-refractivity contribution in [3.05, 3.63) is 35.4 Å². The second-order valence-corrected chi connectivity index (χ2v) is 10.9. The monoisotopic (exact) mass is 550 g/mol. The van der Waals surface area contributed by atoms with Gasteiger partial charge in [0.1, 0.15) is 0 Å². The molecule has 1 unspecified atom stereocenters. The molecule has 0 aliphatic carbocycles. The summed E-state index contributed by atoms with van der Waals surface area (Å²) in [4.78, 5) is 19.1. The van der Waals surface area contributed by atoms with Crippen molar-refractivity contribution in [2.45, 2.75) is 58.4 Å². The van der Waals surface area contributed by atoms with Crippen molar-refractivity contribution >= 4 is 45.7 Å². The highest BCUT2D eigenvalue weighted by Gasteiger charge is 2.40. The van der Waals surface area contributed by atoms with Crippen molar-refractivity contribution in [2.75, 3.05) is 25.4 Å². The third kappa shape index (κ3) is 6.83. The number of nitrogens with one attached hydrogen (secondary N) is 2. The van der Waals surface area contributed by atoms with Gasteiger partial charge in [-0.2, -0.15) is 0 Å². The molecule has 1 amide bonds. The molecule has 1 aliphatic heterocycles. The van der Waals surface area contributed by atoms with Crippen molar-refractivity contribution in [1.82, 2.24) is 15.5 Å². The second kappa shape index (κ2) is 11.3. The number of hydrogen-bond acceptors (Lipinski definition) is 4. The molecular formula is C21H35IN4O3S. The molecule has 0 spiro atoms. The first-order valence-electron chi connectivity index (χ1n) is 10.2. The first-order valence-corrected chi connectivity index (χ1v) is 11.9. The molecule has 170 valence electrons. The van der Waals surface area contributed by atoms with E-state index in [-0.39, 0.29) is 41.7 Å². The van der Waals surface area contributed by atoms with Gasteiger partial charge in [0.25, 0.3) is 5.91 Å². The smallest absolute Gasteiger partial charge is 0.251 e. The van der Waals surface area contributed by atoms with Gasteiger partial charge in [0.05, 0.1) is 17.0 Å². The van der Waals surface area contributed by atoms with E-state index in [0.29, 0.717) is 37.7 Å². The van der Waals surface area contributed by atoms with Crippen LogP contribution in [-0.2, 0) is 16.4 Å². The summed E-state index contributed by atoms with van der Waals surface area (Å²) in [5.41, 5.74) is 1.55. The quantitative estimate of drug-likeness (QED) is 0.323. The molecule has 1 heterocycles. The summed E-state index contributed by atoms with van der Waals surface area (Å²) in [5.74, 6) is 0.736. The topological polar surface area (TPSA) is 90.9 Å². The van der Waals surface area contributed by atoms with Crippen LogP contribution in [0.4, 0.5) is 0 Å². The molecule has 1 atom stereocenters. The van der Waals surface area contributed by atoms with E-state index >= 15 is 0 Å². The van der Waals surface area contributed by atoms with E-state index in [9.17, 15) is 13.2 Å². The first kappa shape index (κ1) is 26.7. The number of aliphatic imine (C=N–C) groups is 1. The van der Waals surface area contributed by atoms with Gasteiger partial charge in [0.15, 0.2) is 15.8 Å². The van der Waals surface area contributed by atoms with Gasteiger partial charge in [-0.3, -0.25) is 4.79 Å². The standard InChI is InChI=1S/C21H34N4O3S.HI/c1-6-16(3)24-19(26)18-10-8-9-17(13-18)14-23-20(22-7-2)25-11-12-29(27,28)21(4,5)15-25;/h8-10,13,16H,6-7,11-12,14-15H2,1-5H3,(H,22,23)(H,24,26);1H. The maximum Gasteiger partial charge on any atom is 0.251 e. The normalized spacial score (nSPS) is 18.8. The van der Waals surface area contributed by atoms with Gasteiger partial charge in [-0.1, -0.05) is 19.1 Å². The zero-order valence-corrected chi connectivity index (χ0v) is 21.7. The molecule has 0 saturated carbocycles. The van der Waals surface area contributed by atoms with E-state index in [0.717, 1.165) is 12.0 Å². The van der Waals surface area contributed by atoms with Crippen LogP contribution in [0.5, 0.6) is 0 Å². The van der Waals surface area contributed by atoms with Crippen LogP contribution < -0.4 is 10.6 Å². The van der Waals surface area contributed by atoms with E-state index in [1.165, 1.54) is 0 Å². The molecule has 7 nitrogen and oxygen atoms in total. The van der Waals surface area contributed by atoms with Crippen molar-refractivity contribution in [2.24, 2.45) is 4.99 Å². The van der Waals surface area contributed by atoms with E-state index < -0.39 is 14.6 Å². The highest BCUT2D eigenvalue weighted by Crippen LogP contribution is 2.23. The number of carbonyl (C=O) groups is 1. The average Bonchev–Trinajstić information content (AvgIpc) is 2.67. The van der Waals surface area contributed by atoms with Crippen LogP contribution >= 0.6 is 24.0 Å². The Hall–Kier alpha value is -1.36. The number of carbonyl (C=O) groups excluding carboxylic acids is 1. The van der Waals surface area contributed by atoms with Crippen LogP contribution in [0.15, 0.2) is 29.3 Å². The first-order chi connectivity index (χ1) is 13.6. The molecule has 30 heavy (non-hydrogen) atoms. The summed E-state index contributed by atoms with van der Waals surface area (Å²) in [6, 6.07) is 7.59. The third-order valence-electron chi connectivity index (χ3n) is 5.27. The van der Waals surface area contributed by atoms with Crippen molar-refractivity contribution in [3.8, 4) is 0 Å². The molecule has 1 aromatic carbocycles. The molecule has 0 aromatic heterocycles. The number of hydrogen-bond donors (Lipinski definition) is 2. The average molecular weight is 551 g/mol. The number of halogens is 1. The summed E-state index contributed by atoms with van der Waals surface area (Å²) in [6.45, 7) is 11.5. The van der Waals surface area contributed by atoms with Crippen LogP contribution in [0.3, 0.4) is 0 Å². The predicted octanol–water partition coefficient (Wildman–Crippen LogP) is 2.81. The Kier molecular flexibility index (Phi) is 10.1. The molecule has 1 fully saturated rings. The Morgan fingerprint density at radius 1 is 1.30 bits per heavy atom. The maximum atomic E-state index is 12.4. The lowest BCUT2D eigenvalue weighted by Crippen LogP contribution is -2.57.